The Morgan fingerprint density at radius 2 is 2.10 bits per heavy atom. The van der Waals surface area contributed by atoms with Crippen LogP contribution in [-0.2, 0) is 16.0 Å². The number of benzene rings is 1. The molecule has 1 fully saturated rings. The fourth-order valence-corrected chi connectivity index (χ4v) is 5.22. The topological polar surface area (TPSA) is 96.5 Å². The molecule has 0 radical (unpaired) electrons. The smallest absolute Gasteiger partial charge is 0.303 e. The molecule has 0 spiro atoms. The van der Waals surface area contributed by atoms with Crippen molar-refractivity contribution in [3.63, 3.8) is 0 Å². The Labute approximate surface area is 178 Å². The van der Waals surface area contributed by atoms with E-state index in [4.69, 9.17) is 4.74 Å². The zero-order valence-electron chi connectivity index (χ0n) is 16.7. The third-order valence-corrected chi connectivity index (χ3v) is 7.02. The van der Waals surface area contributed by atoms with Crippen LogP contribution in [0.4, 0.5) is 14.6 Å². The average Bonchev–Trinajstić information content (AvgIpc) is 2.70. The molecule has 0 amide bonds. The van der Waals surface area contributed by atoms with Gasteiger partial charge in [-0.2, -0.15) is 17.7 Å². The molecule has 2 aromatic rings. The molecule has 2 atom stereocenters. The lowest BCUT2D eigenvalue weighted by Crippen LogP contribution is -2.57. The molecule has 12 heteroatoms. The Hall–Kier alpha value is -2.02. The first-order valence-corrected chi connectivity index (χ1v) is 11.6. The number of rotatable bonds is 7. The summed E-state index contributed by atoms with van der Waals surface area (Å²) in [5.74, 6) is -1.63. The fourth-order valence-electron chi connectivity index (χ4n) is 2.94. The molecule has 3 rings (SSSR count). The molecule has 8 nitrogen and oxygen atoms in total. The van der Waals surface area contributed by atoms with Gasteiger partial charge < -0.3 is 10.1 Å². The molecule has 0 unspecified atom stereocenters. The molecule has 2 heterocycles. The van der Waals surface area contributed by atoms with Gasteiger partial charge in [0, 0.05) is 42.6 Å². The minimum atomic E-state index is -3.86. The van der Waals surface area contributed by atoms with Gasteiger partial charge in [0.2, 0.25) is 5.88 Å². The van der Waals surface area contributed by atoms with Gasteiger partial charge in [0.25, 0.3) is 0 Å². The summed E-state index contributed by atoms with van der Waals surface area (Å²) in [6.45, 7) is 4.57. The Morgan fingerprint density at radius 3 is 2.83 bits per heavy atom. The van der Waals surface area contributed by atoms with Crippen LogP contribution in [0.2, 0.25) is 0 Å². The number of hydrogen-bond acceptors (Lipinski definition) is 7. The Balaban J connectivity index is 1.79. The molecule has 0 aliphatic carbocycles. The molecule has 164 valence electrons. The third-order valence-electron chi connectivity index (χ3n) is 4.53. The van der Waals surface area contributed by atoms with Crippen LogP contribution in [0, 0.1) is 11.6 Å². The third kappa shape index (κ3) is 5.36. The van der Waals surface area contributed by atoms with E-state index in [-0.39, 0.29) is 40.3 Å². The molecule has 30 heavy (non-hydrogen) atoms. The second-order valence-electron chi connectivity index (χ2n) is 6.91. The number of anilines is 1. The van der Waals surface area contributed by atoms with E-state index in [1.54, 1.807) is 0 Å². The van der Waals surface area contributed by atoms with Gasteiger partial charge in [-0.1, -0.05) is 23.9 Å². The van der Waals surface area contributed by atoms with Crippen molar-refractivity contribution in [1.82, 2.24) is 19.6 Å². The van der Waals surface area contributed by atoms with Crippen LogP contribution in [0.5, 0.6) is 5.88 Å². The molecule has 1 aromatic carbocycles. The highest BCUT2D eigenvalue weighted by atomic mass is 32.2. The van der Waals surface area contributed by atoms with E-state index in [2.05, 4.69) is 20.0 Å². The molecule has 1 aromatic heterocycles. The standard InChI is InChI=1S/C18H23F2N5O3S2/c1-11-9-25(12(2)8-21-11)30(26,27)24-15-7-16(28-3)23-18(22-15)29-10-13-5-4-6-14(19)17(13)20/h4-7,11-12,21H,8-10H2,1-3H3,(H,22,23,24)/t11-,12+/m1/s1. The van der Waals surface area contributed by atoms with Gasteiger partial charge in [-0.25, -0.2) is 13.8 Å². The van der Waals surface area contributed by atoms with Crippen LogP contribution in [0.3, 0.4) is 0 Å². The highest BCUT2D eigenvalue weighted by Gasteiger charge is 2.32. The number of aromatic nitrogens is 2. The van der Waals surface area contributed by atoms with Crippen molar-refractivity contribution in [2.75, 3.05) is 24.9 Å². The highest BCUT2D eigenvalue weighted by Crippen LogP contribution is 2.26. The molecule has 0 bridgehead atoms. The molecule has 1 aliphatic heterocycles. The summed E-state index contributed by atoms with van der Waals surface area (Å²) < 4.78 is 62.0. The number of halogens is 2. The zero-order valence-corrected chi connectivity index (χ0v) is 18.4. The Kier molecular flexibility index (Phi) is 7.11. The molecular formula is C18H23F2N5O3S2. The van der Waals surface area contributed by atoms with Crippen molar-refractivity contribution in [2.24, 2.45) is 0 Å². The summed E-state index contributed by atoms with van der Waals surface area (Å²) >= 11 is 1.04. The van der Waals surface area contributed by atoms with Crippen molar-refractivity contribution in [3.8, 4) is 5.88 Å². The summed E-state index contributed by atoms with van der Waals surface area (Å²) in [5, 5.41) is 3.39. The van der Waals surface area contributed by atoms with Crippen molar-refractivity contribution < 1.29 is 21.9 Å². The van der Waals surface area contributed by atoms with Gasteiger partial charge in [-0.15, -0.1) is 0 Å². The summed E-state index contributed by atoms with van der Waals surface area (Å²) in [7, 11) is -2.47. The normalized spacial score (nSPS) is 20.2. The van der Waals surface area contributed by atoms with Gasteiger partial charge in [0.1, 0.15) is 5.82 Å². The van der Waals surface area contributed by atoms with Crippen LogP contribution in [0.15, 0.2) is 29.4 Å². The Morgan fingerprint density at radius 1 is 1.33 bits per heavy atom. The van der Waals surface area contributed by atoms with Gasteiger partial charge in [0.05, 0.1) is 7.11 Å². The quantitative estimate of drug-likeness (QED) is 0.485. The number of nitrogens with one attached hydrogen (secondary N) is 2. The number of ether oxygens (including phenoxy) is 1. The minimum absolute atomic E-state index is 0.0185. The maximum atomic E-state index is 13.9. The lowest BCUT2D eigenvalue weighted by molar-refractivity contribution is 0.246. The highest BCUT2D eigenvalue weighted by molar-refractivity contribution is 7.98. The van der Waals surface area contributed by atoms with E-state index in [0.717, 1.165) is 17.8 Å². The Bertz CT molecular complexity index is 1010. The van der Waals surface area contributed by atoms with Crippen molar-refractivity contribution >= 4 is 27.8 Å². The second-order valence-corrected chi connectivity index (χ2v) is 9.48. The van der Waals surface area contributed by atoms with E-state index in [1.807, 2.05) is 13.8 Å². The molecular weight excluding hydrogens is 436 g/mol. The largest absolute Gasteiger partial charge is 0.481 e. The molecule has 2 N–H and O–H groups in total. The van der Waals surface area contributed by atoms with Crippen LogP contribution in [0.1, 0.15) is 19.4 Å². The fraction of sp³-hybridized carbons (Fsp3) is 0.444. The molecule has 1 saturated heterocycles. The molecule has 0 saturated carbocycles. The lowest BCUT2D eigenvalue weighted by Gasteiger charge is -2.36. The first kappa shape index (κ1) is 22.7. The van der Waals surface area contributed by atoms with E-state index in [9.17, 15) is 17.2 Å². The zero-order chi connectivity index (χ0) is 21.9. The van der Waals surface area contributed by atoms with E-state index in [1.165, 1.54) is 29.6 Å². The summed E-state index contributed by atoms with van der Waals surface area (Å²) in [5.41, 5.74) is 0.150. The van der Waals surface area contributed by atoms with Crippen molar-refractivity contribution in [3.05, 3.63) is 41.5 Å². The predicted molar refractivity (Wildman–Crippen MR) is 111 cm³/mol. The van der Waals surface area contributed by atoms with Crippen molar-refractivity contribution in [2.45, 2.75) is 36.8 Å². The minimum Gasteiger partial charge on any atom is -0.481 e. The summed E-state index contributed by atoms with van der Waals surface area (Å²) in [6.07, 6.45) is 0. The average molecular weight is 460 g/mol. The monoisotopic (exact) mass is 459 g/mol. The van der Waals surface area contributed by atoms with E-state index >= 15 is 0 Å². The number of nitrogens with zero attached hydrogens (tertiary/aromatic N) is 3. The SMILES string of the molecule is COc1cc(NS(=O)(=O)N2C[C@@H](C)NC[C@@H]2C)nc(SCc2cccc(F)c2F)n1. The van der Waals surface area contributed by atoms with Crippen LogP contribution in [0.25, 0.3) is 0 Å². The maximum Gasteiger partial charge on any atom is 0.303 e. The maximum absolute atomic E-state index is 13.9. The number of hydrogen-bond donors (Lipinski definition) is 2. The van der Waals surface area contributed by atoms with Gasteiger partial charge in [-0.3, -0.25) is 4.72 Å². The van der Waals surface area contributed by atoms with E-state index < -0.39 is 21.8 Å². The van der Waals surface area contributed by atoms with Crippen LogP contribution >= 0.6 is 11.8 Å². The number of piperazine rings is 1. The van der Waals surface area contributed by atoms with Crippen LogP contribution < -0.4 is 14.8 Å². The van der Waals surface area contributed by atoms with Crippen molar-refractivity contribution in [1.29, 1.82) is 0 Å². The predicted octanol–water partition coefficient (Wildman–Crippen LogP) is 2.39. The van der Waals surface area contributed by atoms with Crippen LogP contribution in [-0.4, -0.2) is 55.0 Å². The summed E-state index contributed by atoms with van der Waals surface area (Å²) in [6, 6.07) is 5.06. The molecule has 1 aliphatic rings. The number of thioether (sulfide) groups is 1. The van der Waals surface area contributed by atoms with Gasteiger partial charge >= 0.3 is 10.2 Å². The van der Waals surface area contributed by atoms with Gasteiger partial charge in [-0.05, 0) is 19.9 Å². The first-order chi connectivity index (χ1) is 14.2. The van der Waals surface area contributed by atoms with E-state index in [0.29, 0.717) is 13.1 Å². The summed E-state index contributed by atoms with van der Waals surface area (Å²) in [4.78, 5) is 8.34. The first-order valence-electron chi connectivity index (χ1n) is 9.21. The lowest BCUT2D eigenvalue weighted by atomic mass is 10.2. The second kappa shape index (κ2) is 9.41. The number of methoxy groups -OCH3 is 1. The van der Waals surface area contributed by atoms with Gasteiger partial charge in [0.15, 0.2) is 16.8 Å².